The van der Waals surface area contributed by atoms with Crippen molar-refractivity contribution < 1.29 is 4.79 Å². The zero-order valence-electron chi connectivity index (χ0n) is 14.9. The molecule has 6 heteroatoms. The van der Waals surface area contributed by atoms with Crippen LogP contribution in [0, 0.1) is 0 Å². The van der Waals surface area contributed by atoms with E-state index in [9.17, 15) is 4.79 Å². The highest BCUT2D eigenvalue weighted by molar-refractivity contribution is 7.13. The summed E-state index contributed by atoms with van der Waals surface area (Å²) in [6.07, 6.45) is 3.04. The highest BCUT2D eigenvalue weighted by atomic mass is 32.1. The lowest BCUT2D eigenvalue weighted by Crippen LogP contribution is -2.25. The van der Waals surface area contributed by atoms with Crippen LogP contribution in [0.4, 0.5) is 0 Å². The van der Waals surface area contributed by atoms with E-state index >= 15 is 0 Å². The fraction of sp³-hybridized carbons (Fsp3) is 0.300. The molecule has 5 nitrogen and oxygen atoms in total. The smallest absolute Gasteiger partial charge is 0.216 e. The molecule has 0 fully saturated rings. The standard InChI is InChI=1S/C20H24N4OS/c1-16(25)22-11-6-10-21-13-18-15-24(14-17-7-3-2-4-8-17)23-20(18)19-9-5-12-26-19/h2-5,7-9,12,15,21H,6,10-11,13-14H2,1H3,(H,22,25). The second kappa shape index (κ2) is 9.31. The molecule has 0 spiro atoms. The quantitative estimate of drug-likeness (QED) is 0.570. The fourth-order valence-electron chi connectivity index (χ4n) is 2.77. The van der Waals surface area contributed by atoms with Gasteiger partial charge in [-0.15, -0.1) is 11.3 Å². The summed E-state index contributed by atoms with van der Waals surface area (Å²) in [4.78, 5) is 12.1. The molecule has 0 atom stereocenters. The van der Waals surface area contributed by atoms with E-state index < -0.39 is 0 Å². The van der Waals surface area contributed by atoms with Gasteiger partial charge in [0, 0.05) is 31.8 Å². The summed E-state index contributed by atoms with van der Waals surface area (Å²) in [6.45, 7) is 4.63. The average Bonchev–Trinajstić information content (AvgIpc) is 3.28. The second-order valence-electron chi connectivity index (χ2n) is 6.18. The number of carbonyl (C=O) groups is 1. The topological polar surface area (TPSA) is 59.0 Å². The first-order chi connectivity index (χ1) is 12.7. The third-order valence-electron chi connectivity index (χ3n) is 4.00. The van der Waals surface area contributed by atoms with E-state index in [2.05, 4.69) is 58.6 Å². The van der Waals surface area contributed by atoms with Crippen LogP contribution in [0.15, 0.2) is 54.0 Å². The summed E-state index contributed by atoms with van der Waals surface area (Å²) in [5, 5.41) is 13.2. The molecule has 3 aromatic rings. The molecular formula is C20H24N4OS. The van der Waals surface area contributed by atoms with E-state index in [1.165, 1.54) is 16.0 Å². The van der Waals surface area contributed by atoms with E-state index in [1.54, 1.807) is 18.3 Å². The van der Waals surface area contributed by atoms with Gasteiger partial charge in [-0.25, -0.2) is 0 Å². The lowest BCUT2D eigenvalue weighted by molar-refractivity contribution is -0.118. The normalized spacial score (nSPS) is 10.8. The SMILES string of the molecule is CC(=O)NCCCNCc1cn(Cc2ccccc2)nc1-c1cccs1. The summed E-state index contributed by atoms with van der Waals surface area (Å²) < 4.78 is 2.01. The molecule has 0 saturated carbocycles. The first-order valence-corrected chi connectivity index (χ1v) is 9.69. The summed E-state index contributed by atoms with van der Waals surface area (Å²) >= 11 is 1.71. The number of nitrogens with zero attached hydrogens (tertiary/aromatic N) is 2. The predicted molar refractivity (Wildman–Crippen MR) is 106 cm³/mol. The molecule has 2 heterocycles. The molecule has 1 aromatic carbocycles. The van der Waals surface area contributed by atoms with Crippen molar-refractivity contribution in [2.45, 2.75) is 26.4 Å². The Bertz CT molecular complexity index is 812. The Balaban J connectivity index is 1.64. The van der Waals surface area contributed by atoms with Crippen LogP contribution in [0.3, 0.4) is 0 Å². The lowest BCUT2D eigenvalue weighted by Gasteiger charge is -2.05. The molecule has 1 amide bonds. The molecule has 0 radical (unpaired) electrons. The van der Waals surface area contributed by atoms with Gasteiger partial charge in [-0.1, -0.05) is 36.4 Å². The number of rotatable bonds is 9. The van der Waals surface area contributed by atoms with Crippen LogP contribution >= 0.6 is 11.3 Å². The van der Waals surface area contributed by atoms with Crippen LogP contribution in [0.2, 0.25) is 0 Å². The number of nitrogens with one attached hydrogen (secondary N) is 2. The number of amides is 1. The third kappa shape index (κ3) is 5.28. The van der Waals surface area contributed by atoms with Crippen molar-refractivity contribution in [2.24, 2.45) is 0 Å². The maximum Gasteiger partial charge on any atom is 0.216 e. The van der Waals surface area contributed by atoms with Gasteiger partial charge in [0.25, 0.3) is 0 Å². The van der Waals surface area contributed by atoms with E-state index in [-0.39, 0.29) is 5.91 Å². The van der Waals surface area contributed by atoms with Gasteiger partial charge in [-0.05, 0) is 30.0 Å². The Kier molecular flexibility index (Phi) is 6.57. The van der Waals surface area contributed by atoms with Crippen molar-refractivity contribution in [1.82, 2.24) is 20.4 Å². The molecule has 0 aliphatic rings. The molecular weight excluding hydrogens is 344 g/mol. The lowest BCUT2D eigenvalue weighted by atomic mass is 10.2. The van der Waals surface area contributed by atoms with E-state index in [4.69, 9.17) is 5.10 Å². The zero-order valence-corrected chi connectivity index (χ0v) is 15.8. The molecule has 0 saturated heterocycles. The minimum absolute atomic E-state index is 0.0205. The van der Waals surface area contributed by atoms with Gasteiger partial charge in [0.2, 0.25) is 5.91 Å². The first-order valence-electron chi connectivity index (χ1n) is 8.81. The molecule has 0 aliphatic carbocycles. The zero-order chi connectivity index (χ0) is 18.2. The molecule has 0 aliphatic heterocycles. The fourth-order valence-corrected chi connectivity index (χ4v) is 3.51. The highest BCUT2D eigenvalue weighted by Gasteiger charge is 2.12. The predicted octanol–water partition coefficient (Wildman–Crippen LogP) is 3.28. The van der Waals surface area contributed by atoms with Gasteiger partial charge >= 0.3 is 0 Å². The Labute approximate surface area is 158 Å². The number of aromatic nitrogens is 2. The van der Waals surface area contributed by atoms with Crippen molar-refractivity contribution in [3.63, 3.8) is 0 Å². The van der Waals surface area contributed by atoms with Crippen molar-refractivity contribution in [3.05, 3.63) is 65.2 Å². The molecule has 136 valence electrons. The summed E-state index contributed by atoms with van der Waals surface area (Å²) in [6, 6.07) is 14.5. The van der Waals surface area contributed by atoms with Gasteiger partial charge < -0.3 is 10.6 Å². The Morgan fingerprint density at radius 2 is 2.00 bits per heavy atom. The number of carbonyl (C=O) groups excluding carboxylic acids is 1. The van der Waals surface area contributed by atoms with Gasteiger partial charge in [0.05, 0.1) is 11.4 Å². The minimum Gasteiger partial charge on any atom is -0.356 e. The largest absolute Gasteiger partial charge is 0.356 e. The second-order valence-corrected chi connectivity index (χ2v) is 7.12. The number of benzene rings is 1. The summed E-state index contributed by atoms with van der Waals surface area (Å²) in [5.41, 5.74) is 3.48. The third-order valence-corrected chi connectivity index (χ3v) is 4.88. The maximum absolute atomic E-state index is 10.9. The average molecular weight is 369 g/mol. The number of hydrogen-bond acceptors (Lipinski definition) is 4. The Hall–Kier alpha value is -2.44. The van der Waals surface area contributed by atoms with E-state index in [0.29, 0.717) is 6.54 Å². The van der Waals surface area contributed by atoms with Crippen LogP contribution in [0.1, 0.15) is 24.5 Å². The Morgan fingerprint density at radius 3 is 2.73 bits per heavy atom. The maximum atomic E-state index is 10.9. The van der Waals surface area contributed by atoms with Crippen LogP contribution in [0.25, 0.3) is 10.6 Å². The molecule has 3 rings (SSSR count). The van der Waals surface area contributed by atoms with Crippen LogP contribution in [-0.4, -0.2) is 28.8 Å². The highest BCUT2D eigenvalue weighted by Crippen LogP contribution is 2.26. The van der Waals surface area contributed by atoms with Gasteiger partial charge in [0.15, 0.2) is 0 Å². The Morgan fingerprint density at radius 1 is 1.15 bits per heavy atom. The van der Waals surface area contributed by atoms with Crippen LogP contribution < -0.4 is 10.6 Å². The van der Waals surface area contributed by atoms with Crippen molar-refractivity contribution in [3.8, 4) is 10.6 Å². The van der Waals surface area contributed by atoms with Crippen molar-refractivity contribution in [2.75, 3.05) is 13.1 Å². The number of thiophene rings is 1. The monoisotopic (exact) mass is 368 g/mol. The van der Waals surface area contributed by atoms with Gasteiger partial charge in [-0.2, -0.15) is 5.10 Å². The molecule has 26 heavy (non-hydrogen) atoms. The van der Waals surface area contributed by atoms with Gasteiger partial charge in [-0.3, -0.25) is 9.48 Å². The molecule has 2 N–H and O–H groups in total. The van der Waals surface area contributed by atoms with E-state index in [0.717, 1.165) is 31.7 Å². The van der Waals surface area contributed by atoms with E-state index in [1.807, 2.05) is 10.7 Å². The number of hydrogen-bond donors (Lipinski definition) is 2. The molecule has 0 unspecified atom stereocenters. The molecule has 2 aromatic heterocycles. The van der Waals surface area contributed by atoms with Crippen LogP contribution in [-0.2, 0) is 17.9 Å². The summed E-state index contributed by atoms with van der Waals surface area (Å²) in [5.74, 6) is 0.0205. The minimum atomic E-state index is 0.0205. The molecule has 0 bridgehead atoms. The summed E-state index contributed by atoms with van der Waals surface area (Å²) in [7, 11) is 0. The van der Waals surface area contributed by atoms with Crippen molar-refractivity contribution >= 4 is 17.2 Å². The van der Waals surface area contributed by atoms with Crippen LogP contribution in [0.5, 0.6) is 0 Å². The van der Waals surface area contributed by atoms with Crippen molar-refractivity contribution in [1.29, 1.82) is 0 Å². The first kappa shape index (κ1) is 18.4. The van der Waals surface area contributed by atoms with Gasteiger partial charge in [0.1, 0.15) is 5.69 Å².